The van der Waals surface area contributed by atoms with Crippen molar-refractivity contribution in [1.82, 2.24) is 0 Å². The number of anilines is 2. The quantitative estimate of drug-likeness (QED) is 0.283. The lowest BCUT2D eigenvalue weighted by Crippen LogP contribution is -2.67. The fraction of sp³-hybridized carbons (Fsp3) is 0.444. The van der Waals surface area contributed by atoms with Crippen LogP contribution >= 0.6 is 0 Å². The number of alkyl halides is 2. The van der Waals surface area contributed by atoms with Gasteiger partial charge in [0.2, 0.25) is 0 Å². The van der Waals surface area contributed by atoms with Crippen LogP contribution in [0.2, 0.25) is 12.1 Å². The highest BCUT2D eigenvalue weighted by Crippen LogP contribution is 2.51. The molecule has 8 rings (SSSR count). The molecule has 6 nitrogen and oxygen atoms in total. The van der Waals surface area contributed by atoms with Gasteiger partial charge in [-0.15, -0.1) is 0 Å². The molecular weight excluding hydrogens is 590 g/mol. The molecule has 0 bridgehead atoms. The maximum absolute atomic E-state index is 14.0. The van der Waals surface area contributed by atoms with Crippen molar-refractivity contribution in [2.24, 2.45) is 0 Å². The zero-order valence-electron chi connectivity index (χ0n) is 26.0. The Morgan fingerprint density at radius 3 is 1.89 bits per heavy atom. The van der Waals surface area contributed by atoms with E-state index in [-0.39, 0.29) is 0 Å². The Bertz CT molecular complexity index is 1660. The van der Waals surface area contributed by atoms with Crippen molar-refractivity contribution in [2.75, 3.05) is 36.0 Å². The summed E-state index contributed by atoms with van der Waals surface area (Å²) in [5.74, 6) is -0.893. The molecule has 0 atom stereocenters. The maximum Gasteiger partial charge on any atom is 0.340 e. The third kappa shape index (κ3) is 4.29. The molecule has 5 heterocycles. The van der Waals surface area contributed by atoms with E-state index in [1.165, 1.54) is 16.8 Å². The third-order valence-electron chi connectivity index (χ3n) is 10.4. The summed E-state index contributed by atoms with van der Waals surface area (Å²) in [6, 6.07) is 19.9. The van der Waals surface area contributed by atoms with E-state index in [9.17, 15) is 18.4 Å². The molecule has 0 unspecified atom stereocenters. The molecule has 2 spiro atoms. The Balaban J connectivity index is 1.38. The SMILES string of the molecule is CC(C)(C)OC(=O)c1ccc2c(c1)C1(OC2=O)c2ccc(N3CC(F)C3)cc2[Si]2(CCCCC2)c2cc(N3CC(F)C3)ccc21. The number of carbonyl (C=O) groups is 2. The predicted molar refractivity (Wildman–Crippen MR) is 172 cm³/mol. The summed E-state index contributed by atoms with van der Waals surface area (Å²) in [5.41, 5.74) is 3.36. The van der Waals surface area contributed by atoms with Gasteiger partial charge in [-0.05, 0) is 85.7 Å². The molecule has 0 aromatic heterocycles. The van der Waals surface area contributed by atoms with E-state index in [1.54, 1.807) is 18.2 Å². The van der Waals surface area contributed by atoms with Gasteiger partial charge in [-0.3, -0.25) is 0 Å². The standard InChI is InChI=1S/C36H38F2N2O4Si/c1-35(2,3)43-33(41)22-7-10-27-30(15-22)36(44-34(27)42)28-11-8-25(39-18-23(37)19-39)16-31(28)45(13-5-4-6-14-45)32-17-26(9-12-29(32)36)40-20-24(38)21-40/h7-12,15-17,23-24H,4-6,13-14,18-21H2,1-3H3. The fourth-order valence-corrected chi connectivity index (χ4v) is 14.0. The van der Waals surface area contributed by atoms with Crippen LogP contribution in [0, 0.1) is 0 Å². The molecule has 0 radical (unpaired) electrons. The summed E-state index contributed by atoms with van der Waals surface area (Å²) in [5, 5.41) is 2.45. The lowest BCUT2D eigenvalue weighted by Gasteiger charge is -2.49. The van der Waals surface area contributed by atoms with Crippen LogP contribution < -0.4 is 20.2 Å². The first-order chi connectivity index (χ1) is 21.5. The molecule has 0 amide bonds. The van der Waals surface area contributed by atoms with Gasteiger partial charge in [0, 0.05) is 28.1 Å². The first kappa shape index (κ1) is 28.7. The van der Waals surface area contributed by atoms with Gasteiger partial charge in [-0.2, -0.15) is 0 Å². The van der Waals surface area contributed by atoms with E-state index in [4.69, 9.17) is 9.47 Å². The number of carbonyl (C=O) groups excluding carboxylic acids is 2. The summed E-state index contributed by atoms with van der Waals surface area (Å²) in [7, 11) is -2.40. The molecule has 5 aliphatic heterocycles. The zero-order valence-corrected chi connectivity index (χ0v) is 27.0. The van der Waals surface area contributed by atoms with Crippen LogP contribution in [0.1, 0.15) is 77.4 Å². The minimum Gasteiger partial charge on any atom is -0.456 e. The molecule has 0 saturated carbocycles. The Morgan fingerprint density at radius 2 is 1.38 bits per heavy atom. The van der Waals surface area contributed by atoms with Crippen LogP contribution in [0.3, 0.4) is 0 Å². The number of fused-ring (bicyclic) bond motifs is 8. The van der Waals surface area contributed by atoms with Gasteiger partial charge in [0.25, 0.3) is 0 Å². The van der Waals surface area contributed by atoms with Crippen LogP contribution in [0.25, 0.3) is 0 Å². The summed E-state index contributed by atoms with van der Waals surface area (Å²) in [6.07, 6.45) is 1.73. The smallest absolute Gasteiger partial charge is 0.340 e. The van der Waals surface area contributed by atoms with E-state index in [2.05, 4.69) is 34.1 Å². The second-order valence-electron chi connectivity index (χ2n) is 14.4. The van der Waals surface area contributed by atoms with Crippen molar-refractivity contribution in [1.29, 1.82) is 0 Å². The molecule has 3 saturated heterocycles. The lowest BCUT2D eigenvalue weighted by molar-refractivity contribution is 0.00692. The number of nitrogens with zero attached hydrogens (tertiary/aromatic N) is 2. The van der Waals surface area contributed by atoms with Crippen molar-refractivity contribution in [3.63, 3.8) is 0 Å². The van der Waals surface area contributed by atoms with Gasteiger partial charge in [-0.25, -0.2) is 18.4 Å². The van der Waals surface area contributed by atoms with Gasteiger partial charge >= 0.3 is 11.9 Å². The number of benzene rings is 3. The van der Waals surface area contributed by atoms with Crippen LogP contribution in [0.4, 0.5) is 20.2 Å². The summed E-state index contributed by atoms with van der Waals surface area (Å²) < 4.78 is 40.3. The van der Waals surface area contributed by atoms with E-state index in [0.29, 0.717) is 42.9 Å². The second-order valence-corrected chi connectivity index (χ2v) is 18.7. The van der Waals surface area contributed by atoms with Gasteiger partial charge < -0.3 is 19.3 Å². The number of ether oxygens (including phenoxy) is 2. The predicted octanol–water partition coefficient (Wildman–Crippen LogP) is 5.48. The highest BCUT2D eigenvalue weighted by molar-refractivity contribution is 7.03. The number of hydrogen-bond donors (Lipinski definition) is 0. The van der Waals surface area contributed by atoms with Crippen LogP contribution in [0.15, 0.2) is 54.6 Å². The third-order valence-corrected chi connectivity index (χ3v) is 15.7. The van der Waals surface area contributed by atoms with E-state index >= 15 is 0 Å². The highest BCUT2D eigenvalue weighted by Gasteiger charge is 2.59. The fourth-order valence-electron chi connectivity index (χ4n) is 8.25. The summed E-state index contributed by atoms with van der Waals surface area (Å²) >= 11 is 0. The van der Waals surface area contributed by atoms with Gasteiger partial charge in [-0.1, -0.05) is 31.4 Å². The zero-order chi connectivity index (χ0) is 31.3. The largest absolute Gasteiger partial charge is 0.456 e. The Labute approximate surface area is 263 Å². The number of halogens is 2. The van der Waals surface area contributed by atoms with Gasteiger partial charge in [0.05, 0.1) is 37.3 Å². The molecule has 0 aliphatic carbocycles. The maximum atomic E-state index is 14.0. The second kappa shape index (κ2) is 9.89. The molecule has 9 heteroatoms. The molecule has 45 heavy (non-hydrogen) atoms. The van der Waals surface area contributed by atoms with Crippen LogP contribution in [-0.2, 0) is 15.1 Å². The van der Waals surface area contributed by atoms with Crippen molar-refractivity contribution < 1.29 is 27.8 Å². The molecule has 5 aliphatic rings. The van der Waals surface area contributed by atoms with Crippen molar-refractivity contribution in [2.45, 2.75) is 75.7 Å². The molecule has 234 valence electrons. The first-order valence-electron chi connectivity index (χ1n) is 16.2. The normalized spacial score (nSPS) is 21.5. The van der Waals surface area contributed by atoms with Crippen molar-refractivity contribution in [3.05, 3.63) is 82.4 Å². The molecule has 3 aromatic carbocycles. The lowest BCUT2D eigenvalue weighted by atomic mass is 9.78. The van der Waals surface area contributed by atoms with E-state index < -0.39 is 43.6 Å². The van der Waals surface area contributed by atoms with Crippen LogP contribution in [0.5, 0.6) is 0 Å². The topological polar surface area (TPSA) is 59.1 Å². The average Bonchev–Trinajstić information content (AvgIpc) is 3.28. The molecule has 3 fully saturated rings. The number of esters is 2. The van der Waals surface area contributed by atoms with Crippen molar-refractivity contribution in [3.8, 4) is 0 Å². The van der Waals surface area contributed by atoms with Crippen molar-refractivity contribution >= 4 is 41.8 Å². The molecule has 3 aromatic rings. The van der Waals surface area contributed by atoms with Gasteiger partial charge in [0.1, 0.15) is 26.0 Å². The molecular formula is C36H38F2N2O4Si. The minimum absolute atomic E-state index is 0.358. The number of hydrogen-bond acceptors (Lipinski definition) is 6. The average molecular weight is 629 g/mol. The van der Waals surface area contributed by atoms with E-state index in [1.807, 2.05) is 32.9 Å². The highest BCUT2D eigenvalue weighted by atomic mass is 28.3. The Hall–Kier alpha value is -3.72. The Kier molecular flexibility index (Phi) is 6.31. The molecule has 0 N–H and O–H groups in total. The van der Waals surface area contributed by atoms with Crippen LogP contribution in [-0.4, -0.2) is 64.1 Å². The minimum atomic E-state index is -2.40. The van der Waals surface area contributed by atoms with E-state index in [0.717, 1.165) is 47.4 Å². The Morgan fingerprint density at radius 1 is 0.822 bits per heavy atom. The summed E-state index contributed by atoms with van der Waals surface area (Å²) in [6.45, 7) is 6.97. The number of rotatable bonds is 3. The van der Waals surface area contributed by atoms with Gasteiger partial charge in [0.15, 0.2) is 5.60 Å². The summed E-state index contributed by atoms with van der Waals surface area (Å²) in [4.78, 5) is 31.2. The monoisotopic (exact) mass is 628 g/mol. The first-order valence-corrected chi connectivity index (χ1v) is 18.6.